The van der Waals surface area contributed by atoms with E-state index in [1.54, 1.807) is 15.9 Å². The predicted octanol–water partition coefficient (Wildman–Crippen LogP) is 2.83. The van der Waals surface area contributed by atoms with Gasteiger partial charge in [0.25, 0.3) is 5.08 Å². The minimum Gasteiger partial charge on any atom is -0.219 e. The molecule has 0 aromatic rings. The van der Waals surface area contributed by atoms with Crippen LogP contribution < -0.4 is 0 Å². The zero-order chi connectivity index (χ0) is 6.08. The van der Waals surface area contributed by atoms with Crippen molar-refractivity contribution in [2.45, 2.75) is 4.83 Å². The lowest BCUT2D eigenvalue weighted by atomic mass is 10.8. The molecule has 0 unspecified atom stereocenters. The number of alkyl halides is 3. The first-order valence-electron chi connectivity index (χ1n) is 1.19. The van der Waals surface area contributed by atoms with Crippen molar-refractivity contribution in [3.8, 4) is 0 Å². The van der Waals surface area contributed by atoms with Crippen LogP contribution in [0.25, 0.3) is 0 Å². The van der Waals surface area contributed by atoms with Gasteiger partial charge in [0.1, 0.15) is 0 Å². The monoisotopic (exact) mass is 239 g/mol. The van der Waals surface area contributed by atoms with Gasteiger partial charge in [-0.2, -0.15) is 8.78 Å². The first-order valence-corrected chi connectivity index (χ1v) is 2.78. The lowest BCUT2D eigenvalue weighted by molar-refractivity contribution is 0.113. The molecule has 0 saturated heterocycles. The van der Waals surface area contributed by atoms with E-state index in [2.05, 4.69) is 0 Å². The van der Waals surface area contributed by atoms with Gasteiger partial charge in [-0.25, -0.2) is 4.39 Å². The molecule has 5 heteroatoms. The molecule has 0 amide bonds. The molecule has 0 nitrogen and oxygen atoms in total. The predicted molar refractivity (Wildman–Crippen MR) is 27.2 cm³/mol. The van der Waals surface area contributed by atoms with Gasteiger partial charge < -0.3 is 0 Å². The van der Waals surface area contributed by atoms with Crippen LogP contribution >= 0.6 is 31.9 Å². The second kappa shape index (κ2) is 2.35. The Kier molecular flexibility index (Phi) is 2.60. The summed E-state index contributed by atoms with van der Waals surface area (Å²) in [5, 5.41) is -1.61. The van der Waals surface area contributed by atoms with Crippen molar-refractivity contribution < 1.29 is 13.2 Å². The van der Waals surface area contributed by atoms with Crippen molar-refractivity contribution >= 4 is 31.9 Å². The van der Waals surface area contributed by atoms with Crippen LogP contribution in [0.4, 0.5) is 13.2 Å². The van der Waals surface area contributed by atoms with Gasteiger partial charge >= 0.3 is 4.83 Å². The third-order valence-electron chi connectivity index (χ3n) is 0.214. The average molecular weight is 241 g/mol. The summed E-state index contributed by atoms with van der Waals surface area (Å²) in [6.45, 7) is 0. The van der Waals surface area contributed by atoms with Gasteiger partial charge in [-0.05, 0) is 31.9 Å². The zero-order valence-electron chi connectivity index (χ0n) is 2.89. The van der Waals surface area contributed by atoms with Gasteiger partial charge in [-0.1, -0.05) is 0 Å². The number of hydrogen-bond acceptors (Lipinski definition) is 0. The van der Waals surface area contributed by atoms with E-state index in [0.717, 1.165) is 0 Å². The van der Waals surface area contributed by atoms with Crippen molar-refractivity contribution in [1.82, 2.24) is 0 Å². The maximum atomic E-state index is 11.3. The highest BCUT2D eigenvalue weighted by Gasteiger charge is 2.36. The molecular weight excluding hydrogens is 241 g/mol. The first kappa shape index (κ1) is 7.75. The third-order valence-corrected chi connectivity index (χ3v) is 1.59. The maximum absolute atomic E-state index is 11.3. The molecule has 43 valence electrons. The Morgan fingerprint density at radius 1 is 1.43 bits per heavy atom. The summed E-state index contributed by atoms with van der Waals surface area (Å²) in [5.41, 5.74) is 0. The minimum atomic E-state index is -3.52. The summed E-state index contributed by atoms with van der Waals surface area (Å²) in [6.07, 6.45) is 0. The topological polar surface area (TPSA) is 0 Å². The Labute approximate surface area is 55.3 Å². The molecule has 1 radical (unpaired) electrons. The number of hydrogen-bond donors (Lipinski definition) is 0. The summed E-state index contributed by atoms with van der Waals surface area (Å²) >= 11 is 3.70. The summed E-state index contributed by atoms with van der Waals surface area (Å²) in [4.78, 5) is -3.52. The highest BCUT2D eigenvalue weighted by Crippen LogP contribution is 2.37. The molecule has 0 aliphatic carbocycles. The molecule has 7 heavy (non-hydrogen) atoms. The highest BCUT2D eigenvalue weighted by molar-refractivity contribution is 9.13. The van der Waals surface area contributed by atoms with E-state index in [0.29, 0.717) is 0 Å². The fourth-order valence-corrected chi connectivity index (χ4v) is 0. The first-order chi connectivity index (χ1) is 2.94. The van der Waals surface area contributed by atoms with Crippen LogP contribution in [0.15, 0.2) is 0 Å². The fourth-order valence-electron chi connectivity index (χ4n) is 0. The molecule has 0 atom stereocenters. The van der Waals surface area contributed by atoms with Crippen molar-refractivity contribution in [2.24, 2.45) is 0 Å². The van der Waals surface area contributed by atoms with Crippen LogP contribution in [-0.4, -0.2) is 4.83 Å². The van der Waals surface area contributed by atoms with E-state index in [9.17, 15) is 13.2 Å². The molecule has 0 bridgehead atoms. The number of halogens is 5. The smallest absolute Gasteiger partial charge is 0.219 e. The lowest BCUT2D eigenvalue weighted by Crippen LogP contribution is -2.07. The Morgan fingerprint density at radius 3 is 1.57 bits per heavy atom. The van der Waals surface area contributed by atoms with Gasteiger partial charge in [-0.15, -0.1) is 0 Å². The van der Waals surface area contributed by atoms with Crippen LogP contribution in [0.5, 0.6) is 0 Å². The quantitative estimate of drug-likeness (QED) is 0.619. The second-order valence-corrected chi connectivity index (χ2v) is 2.45. The summed E-state index contributed by atoms with van der Waals surface area (Å²) in [6, 6.07) is 0. The van der Waals surface area contributed by atoms with Crippen molar-refractivity contribution in [3.05, 3.63) is 5.08 Å². The van der Waals surface area contributed by atoms with E-state index in [1.165, 1.54) is 0 Å². The molecule has 0 aromatic carbocycles. The van der Waals surface area contributed by atoms with E-state index in [4.69, 9.17) is 0 Å². The summed E-state index contributed by atoms with van der Waals surface area (Å²) in [7, 11) is 0. The van der Waals surface area contributed by atoms with Crippen LogP contribution in [0.1, 0.15) is 0 Å². The van der Waals surface area contributed by atoms with Crippen molar-refractivity contribution in [1.29, 1.82) is 0 Å². The van der Waals surface area contributed by atoms with Crippen molar-refractivity contribution in [3.63, 3.8) is 0 Å². The van der Waals surface area contributed by atoms with Crippen LogP contribution in [0.3, 0.4) is 0 Å². The Morgan fingerprint density at radius 2 is 1.57 bits per heavy atom. The molecule has 0 heterocycles. The molecule has 0 saturated carbocycles. The SMILES string of the molecule is F[C](Br)C(F)(F)Br. The van der Waals surface area contributed by atoms with E-state index >= 15 is 0 Å². The molecular formula is C2Br2F3. The van der Waals surface area contributed by atoms with E-state index < -0.39 is 9.91 Å². The molecule has 0 N–H and O–H groups in total. The van der Waals surface area contributed by atoms with Gasteiger partial charge in [0, 0.05) is 0 Å². The molecule has 0 aromatic heterocycles. The Bertz CT molecular complexity index is 56.4. The maximum Gasteiger partial charge on any atom is 0.348 e. The van der Waals surface area contributed by atoms with Crippen molar-refractivity contribution in [2.75, 3.05) is 0 Å². The number of rotatable bonds is 1. The van der Waals surface area contributed by atoms with Gasteiger partial charge in [0.05, 0.1) is 0 Å². The zero-order valence-corrected chi connectivity index (χ0v) is 6.06. The average Bonchev–Trinajstić information content (AvgIpc) is 1.31. The van der Waals surface area contributed by atoms with E-state index in [1.807, 2.05) is 15.9 Å². The standard InChI is InChI=1S/C2Br2F3/c3-1(5)2(4,6)7. The fraction of sp³-hybridized carbons (Fsp3) is 0.500. The summed E-state index contributed by atoms with van der Waals surface area (Å²) in [5.74, 6) is 0. The summed E-state index contributed by atoms with van der Waals surface area (Å²) < 4.78 is 33.9. The van der Waals surface area contributed by atoms with Crippen LogP contribution in [0.2, 0.25) is 0 Å². The van der Waals surface area contributed by atoms with Crippen LogP contribution in [-0.2, 0) is 0 Å². The van der Waals surface area contributed by atoms with Crippen LogP contribution in [0, 0.1) is 5.08 Å². The molecule has 0 rings (SSSR count). The molecule has 0 aliphatic rings. The third kappa shape index (κ3) is 3.34. The normalized spacial score (nSPS) is 12.9. The Balaban J connectivity index is 3.54. The molecule has 0 spiro atoms. The molecule has 0 fully saturated rings. The van der Waals surface area contributed by atoms with E-state index in [-0.39, 0.29) is 0 Å². The minimum absolute atomic E-state index is 1.61. The molecule has 0 aliphatic heterocycles. The van der Waals surface area contributed by atoms with Gasteiger partial charge in [0.2, 0.25) is 0 Å². The Hall–Kier alpha value is 0.750. The van der Waals surface area contributed by atoms with Gasteiger partial charge in [-0.3, -0.25) is 0 Å². The lowest BCUT2D eigenvalue weighted by Gasteiger charge is -2.03. The second-order valence-electron chi connectivity index (χ2n) is 0.758. The highest BCUT2D eigenvalue weighted by atomic mass is 79.9. The largest absolute Gasteiger partial charge is 0.348 e. The van der Waals surface area contributed by atoms with Gasteiger partial charge in [0.15, 0.2) is 0 Å².